The van der Waals surface area contributed by atoms with E-state index in [1.165, 1.54) is 0 Å². The largest absolute Gasteiger partial charge is 0.486 e. The SMILES string of the molecule is Cc1nn(C)c(C)c1Oc1cc2c(cc1N)OCCO2. The van der Waals surface area contributed by atoms with Crippen molar-refractivity contribution in [3.63, 3.8) is 0 Å². The molecule has 1 aliphatic heterocycles. The van der Waals surface area contributed by atoms with Gasteiger partial charge in [-0.15, -0.1) is 0 Å². The maximum atomic E-state index is 6.01. The second-order valence-corrected chi connectivity index (χ2v) is 4.76. The highest BCUT2D eigenvalue weighted by Crippen LogP contribution is 2.40. The molecule has 0 atom stereocenters. The van der Waals surface area contributed by atoms with Crippen LogP contribution in [0.2, 0.25) is 0 Å². The molecule has 0 saturated carbocycles. The van der Waals surface area contributed by atoms with Gasteiger partial charge in [-0.05, 0) is 13.8 Å². The summed E-state index contributed by atoms with van der Waals surface area (Å²) in [5.41, 5.74) is 8.28. The molecule has 0 bridgehead atoms. The highest BCUT2D eigenvalue weighted by atomic mass is 16.6. The standard InChI is InChI=1S/C14H17N3O3/c1-8-14(9(2)17(3)16-8)20-11-7-13-12(6-10(11)15)18-4-5-19-13/h6-7H,4-5,15H2,1-3H3. The molecule has 6 heteroatoms. The lowest BCUT2D eigenvalue weighted by molar-refractivity contribution is 0.171. The average Bonchev–Trinajstić information content (AvgIpc) is 2.66. The zero-order chi connectivity index (χ0) is 14.3. The van der Waals surface area contributed by atoms with E-state index in [-0.39, 0.29) is 0 Å². The Labute approximate surface area is 117 Å². The van der Waals surface area contributed by atoms with E-state index in [1.807, 2.05) is 20.9 Å². The number of nitrogens with two attached hydrogens (primary N) is 1. The molecule has 1 aromatic heterocycles. The van der Waals surface area contributed by atoms with Gasteiger partial charge in [-0.2, -0.15) is 5.10 Å². The topological polar surface area (TPSA) is 71.5 Å². The van der Waals surface area contributed by atoms with E-state index in [0.29, 0.717) is 36.1 Å². The van der Waals surface area contributed by atoms with E-state index >= 15 is 0 Å². The second kappa shape index (κ2) is 4.63. The minimum atomic E-state index is 0.511. The van der Waals surface area contributed by atoms with Crippen molar-refractivity contribution in [1.82, 2.24) is 9.78 Å². The summed E-state index contributed by atoms with van der Waals surface area (Å²) < 4.78 is 18.7. The molecule has 3 rings (SSSR count). The van der Waals surface area contributed by atoms with Gasteiger partial charge in [-0.1, -0.05) is 0 Å². The Balaban J connectivity index is 1.98. The molecule has 0 fully saturated rings. The van der Waals surface area contributed by atoms with Gasteiger partial charge in [0.05, 0.1) is 11.4 Å². The van der Waals surface area contributed by atoms with Crippen LogP contribution in [0.15, 0.2) is 12.1 Å². The van der Waals surface area contributed by atoms with Gasteiger partial charge < -0.3 is 19.9 Å². The number of hydrogen-bond donors (Lipinski definition) is 1. The summed E-state index contributed by atoms with van der Waals surface area (Å²) in [6.07, 6.45) is 0. The van der Waals surface area contributed by atoms with E-state index < -0.39 is 0 Å². The minimum absolute atomic E-state index is 0.511. The first kappa shape index (κ1) is 12.7. The Morgan fingerprint density at radius 1 is 1.20 bits per heavy atom. The molecule has 1 aliphatic rings. The summed E-state index contributed by atoms with van der Waals surface area (Å²) in [6.45, 7) is 4.91. The smallest absolute Gasteiger partial charge is 0.171 e. The Kier molecular flexibility index (Phi) is 2.93. The first-order valence-electron chi connectivity index (χ1n) is 6.43. The molecule has 1 aromatic carbocycles. The Hall–Kier alpha value is -2.37. The average molecular weight is 275 g/mol. The summed E-state index contributed by atoms with van der Waals surface area (Å²) >= 11 is 0. The van der Waals surface area contributed by atoms with Crippen LogP contribution >= 0.6 is 0 Å². The number of ether oxygens (including phenoxy) is 3. The highest BCUT2D eigenvalue weighted by molar-refractivity contribution is 5.63. The zero-order valence-electron chi connectivity index (χ0n) is 11.8. The van der Waals surface area contributed by atoms with Crippen LogP contribution in [0.3, 0.4) is 0 Å². The van der Waals surface area contributed by atoms with E-state index in [9.17, 15) is 0 Å². The van der Waals surface area contributed by atoms with Gasteiger partial charge in [-0.3, -0.25) is 4.68 Å². The van der Waals surface area contributed by atoms with Crippen LogP contribution in [-0.2, 0) is 7.05 Å². The van der Waals surface area contributed by atoms with Crippen molar-refractivity contribution in [2.24, 2.45) is 7.05 Å². The van der Waals surface area contributed by atoms with Crippen LogP contribution in [0.5, 0.6) is 23.0 Å². The monoisotopic (exact) mass is 275 g/mol. The van der Waals surface area contributed by atoms with Crippen molar-refractivity contribution in [2.75, 3.05) is 18.9 Å². The summed E-state index contributed by atoms with van der Waals surface area (Å²) in [5.74, 6) is 2.57. The number of aromatic nitrogens is 2. The summed E-state index contributed by atoms with van der Waals surface area (Å²) in [5, 5.41) is 4.32. The van der Waals surface area contributed by atoms with Crippen LogP contribution < -0.4 is 19.9 Å². The third-order valence-corrected chi connectivity index (χ3v) is 3.33. The fraction of sp³-hybridized carbons (Fsp3) is 0.357. The van der Waals surface area contributed by atoms with Gasteiger partial charge in [0.1, 0.15) is 18.9 Å². The molecule has 0 saturated heterocycles. The Morgan fingerprint density at radius 3 is 2.45 bits per heavy atom. The Morgan fingerprint density at radius 2 is 1.85 bits per heavy atom. The molecule has 0 radical (unpaired) electrons. The van der Waals surface area contributed by atoms with Gasteiger partial charge in [0.15, 0.2) is 23.0 Å². The quantitative estimate of drug-likeness (QED) is 0.850. The number of fused-ring (bicyclic) bond motifs is 1. The lowest BCUT2D eigenvalue weighted by Gasteiger charge is -2.20. The number of anilines is 1. The van der Waals surface area contributed by atoms with E-state index in [2.05, 4.69) is 5.10 Å². The number of hydrogen-bond acceptors (Lipinski definition) is 5. The lowest BCUT2D eigenvalue weighted by atomic mass is 10.2. The van der Waals surface area contributed by atoms with Gasteiger partial charge in [0, 0.05) is 19.2 Å². The molecular weight excluding hydrogens is 258 g/mol. The Bertz CT molecular complexity index is 664. The van der Waals surface area contributed by atoms with E-state index in [4.69, 9.17) is 19.9 Å². The van der Waals surface area contributed by atoms with Crippen LogP contribution in [0.4, 0.5) is 5.69 Å². The summed E-state index contributed by atoms with van der Waals surface area (Å²) in [4.78, 5) is 0. The first-order chi connectivity index (χ1) is 9.56. The van der Waals surface area contributed by atoms with Crippen LogP contribution in [-0.4, -0.2) is 23.0 Å². The fourth-order valence-corrected chi connectivity index (χ4v) is 2.19. The molecule has 0 spiro atoms. The molecule has 106 valence electrons. The maximum absolute atomic E-state index is 6.01. The molecule has 0 amide bonds. The van der Waals surface area contributed by atoms with Crippen molar-refractivity contribution in [1.29, 1.82) is 0 Å². The number of benzene rings is 1. The summed E-state index contributed by atoms with van der Waals surface area (Å²) in [7, 11) is 1.88. The van der Waals surface area contributed by atoms with Gasteiger partial charge in [0.2, 0.25) is 0 Å². The van der Waals surface area contributed by atoms with Crippen molar-refractivity contribution in [2.45, 2.75) is 13.8 Å². The zero-order valence-corrected chi connectivity index (χ0v) is 11.8. The molecule has 6 nitrogen and oxygen atoms in total. The summed E-state index contributed by atoms with van der Waals surface area (Å²) in [6, 6.07) is 3.49. The first-order valence-corrected chi connectivity index (χ1v) is 6.43. The second-order valence-electron chi connectivity index (χ2n) is 4.76. The minimum Gasteiger partial charge on any atom is -0.486 e. The van der Waals surface area contributed by atoms with Crippen molar-refractivity contribution in [3.05, 3.63) is 23.5 Å². The van der Waals surface area contributed by atoms with Crippen LogP contribution in [0.1, 0.15) is 11.4 Å². The van der Waals surface area contributed by atoms with E-state index in [1.54, 1.807) is 16.8 Å². The molecule has 0 unspecified atom stereocenters. The molecule has 0 aliphatic carbocycles. The highest BCUT2D eigenvalue weighted by Gasteiger charge is 2.18. The lowest BCUT2D eigenvalue weighted by Crippen LogP contribution is -2.15. The number of nitrogen functional groups attached to an aromatic ring is 1. The van der Waals surface area contributed by atoms with Gasteiger partial charge in [-0.25, -0.2) is 0 Å². The van der Waals surface area contributed by atoms with Gasteiger partial charge in [0.25, 0.3) is 0 Å². The van der Waals surface area contributed by atoms with Crippen molar-refractivity contribution in [3.8, 4) is 23.0 Å². The molecule has 2 N–H and O–H groups in total. The number of rotatable bonds is 2. The van der Waals surface area contributed by atoms with E-state index in [0.717, 1.165) is 17.1 Å². The molecular formula is C14H17N3O3. The van der Waals surface area contributed by atoms with Crippen molar-refractivity contribution >= 4 is 5.69 Å². The van der Waals surface area contributed by atoms with Crippen molar-refractivity contribution < 1.29 is 14.2 Å². The third kappa shape index (κ3) is 2.03. The predicted octanol–water partition coefficient (Wildman–Crippen LogP) is 2.18. The number of nitrogens with zero attached hydrogens (tertiary/aromatic N) is 2. The fourth-order valence-electron chi connectivity index (χ4n) is 2.19. The molecule has 2 aromatic rings. The third-order valence-electron chi connectivity index (χ3n) is 3.33. The van der Waals surface area contributed by atoms with Crippen LogP contribution in [0.25, 0.3) is 0 Å². The van der Waals surface area contributed by atoms with Gasteiger partial charge >= 0.3 is 0 Å². The van der Waals surface area contributed by atoms with Crippen LogP contribution in [0, 0.1) is 13.8 Å². The maximum Gasteiger partial charge on any atom is 0.171 e. The molecule has 20 heavy (non-hydrogen) atoms. The normalized spacial score (nSPS) is 13.3. The predicted molar refractivity (Wildman–Crippen MR) is 74.6 cm³/mol. The molecule has 2 heterocycles. The number of aryl methyl sites for hydroxylation is 2.